The maximum atomic E-state index is 12.7. The van der Waals surface area contributed by atoms with Crippen LogP contribution in [0, 0.1) is 27.7 Å². The fraction of sp³-hybridized carbons (Fsp3) is 0.478. The van der Waals surface area contributed by atoms with Gasteiger partial charge in [-0.2, -0.15) is 0 Å². The molecule has 0 aliphatic carbocycles. The molecule has 162 valence electrons. The first-order valence-electron chi connectivity index (χ1n) is 10.4. The minimum atomic E-state index is -0.378. The zero-order valence-corrected chi connectivity index (χ0v) is 19.3. The summed E-state index contributed by atoms with van der Waals surface area (Å²) < 4.78 is 5.17. The highest BCUT2D eigenvalue weighted by Crippen LogP contribution is 2.33. The minimum absolute atomic E-state index is 0.0954. The van der Waals surface area contributed by atoms with E-state index < -0.39 is 0 Å². The van der Waals surface area contributed by atoms with Gasteiger partial charge in [-0.15, -0.1) is 11.3 Å². The van der Waals surface area contributed by atoms with Crippen molar-refractivity contribution < 1.29 is 14.3 Å². The lowest BCUT2D eigenvalue weighted by Gasteiger charge is -2.36. The second-order valence-electron chi connectivity index (χ2n) is 7.74. The summed E-state index contributed by atoms with van der Waals surface area (Å²) in [5.41, 5.74) is 5.25. The Labute approximate surface area is 182 Å². The summed E-state index contributed by atoms with van der Waals surface area (Å²) in [5, 5.41) is 3.53. The van der Waals surface area contributed by atoms with Gasteiger partial charge >= 0.3 is 5.97 Å². The number of nitrogens with zero attached hydrogens (tertiary/aromatic N) is 2. The number of carbonyl (C=O) groups excluding carboxylic acids is 2. The van der Waals surface area contributed by atoms with Gasteiger partial charge in [-0.1, -0.05) is 12.1 Å². The summed E-state index contributed by atoms with van der Waals surface area (Å²) in [7, 11) is 0. The number of carbonyl (C=O) groups is 2. The summed E-state index contributed by atoms with van der Waals surface area (Å²) >= 11 is 1.43. The van der Waals surface area contributed by atoms with E-state index in [0.717, 1.165) is 36.6 Å². The van der Waals surface area contributed by atoms with Crippen LogP contribution in [0.25, 0.3) is 0 Å². The first kappa shape index (κ1) is 22.3. The van der Waals surface area contributed by atoms with Crippen molar-refractivity contribution >= 4 is 33.9 Å². The number of hydrogen-bond donors (Lipinski definition) is 1. The number of nitrogens with one attached hydrogen (secondary N) is 1. The monoisotopic (exact) mass is 429 g/mol. The number of aryl methyl sites for hydroxylation is 2. The smallest absolute Gasteiger partial charge is 0.341 e. The summed E-state index contributed by atoms with van der Waals surface area (Å²) in [4.78, 5) is 30.5. The lowest BCUT2D eigenvalue weighted by Crippen LogP contribution is -2.48. The number of amides is 1. The van der Waals surface area contributed by atoms with E-state index in [1.165, 1.54) is 28.2 Å². The molecule has 0 unspecified atom stereocenters. The second-order valence-corrected chi connectivity index (χ2v) is 8.96. The summed E-state index contributed by atoms with van der Waals surface area (Å²) in [6, 6.07) is 6.41. The van der Waals surface area contributed by atoms with E-state index in [0.29, 0.717) is 23.7 Å². The molecule has 0 atom stereocenters. The Balaban J connectivity index is 1.59. The van der Waals surface area contributed by atoms with Gasteiger partial charge in [0.2, 0.25) is 5.91 Å². The van der Waals surface area contributed by atoms with Gasteiger partial charge in [-0.25, -0.2) is 4.79 Å². The molecule has 1 aromatic carbocycles. The molecular formula is C23H31N3O3S. The van der Waals surface area contributed by atoms with Crippen LogP contribution in [0.15, 0.2) is 18.2 Å². The molecule has 7 heteroatoms. The largest absolute Gasteiger partial charge is 0.462 e. The molecule has 0 spiro atoms. The lowest BCUT2D eigenvalue weighted by molar-refractivity contribution is -0.117. The zero-order chi connectivity index (χ0) is 21.8. The van der Waals surface area contributed by atoms with Crippen LogP contribution >= 0.6 is 11.3 Å². The van der Waals surface area contributed by atoms with Crippen molar-refractivity contribution in [1.82, 2.24) is 4.90 Å². The van der Waals surface area contributed by atoms with E-state index >= 15 is 0 Å². The fourth-order valence-corrected chi connectivity index (χ4v) is 4.82. The number of anilines is 2. The average Bonchev–Trinajstić information content (AvgIpc) is 2.98. The molecule has 0 radical (unpaired) electrons. The van der Waals surface area contributed by atoms with Crippen LogP contribution in [0.5, 0.6) is 0 Å². The van der Waals surface area contributed by atoms with E-state index in [1.807, 2.05) is 13.8 Å². The molecule has 1 fully saturated rings. The third kappa shape index (κ3) is 4.84. The van der Waals surface area contributed by atoms with E-state index in [-0.39, 0.29) is 11.9 Å². The number of benzene rings is 1. The van der Waals surface area contributed by atoms with E-state index in [9.17, 15) is 9.59 Å². The molecule has 1 aliphatic rings. The fourth-order valence-electron chi connectivity index (χ4n) is 3.76. The van der Waals surface area contributed by atoms with Gasteiger partial charge in [-0.05, 0) is 57.4 Å². The standard InChI is InChI=1S/C23H31N3O3S/c1-6-29-23(28)21-17(4)18(5)30-22(21)24-20(27)14-25-10-12-26(13-11-25)19-9-7-8-15(2)16(19)3/h7-9H,6,10-14H2,1-5H3,(H,24,27). The number of ether oxygens (including phenoxy) is 1. The van der Waals surface area contributed by atoms with E-state index in [4.69, 9.17) is 4.74 Å². The first-order valence-corrected chi connectivity index (χ1v) is 11.2. The van der Waals surface area contributed by atoms with Crippen LogP contribution in [0.3, 0.4) is 0 Å². The summed E-state index contributed by atoms with van der Waals surface area (Å²) in [6.07, 6.45) is 0. The maximum Gasteiger partial charge on any atom is 0.341 e. The Kier molecular flexibility index (Phi) is 7.15. The van der Waals surface area contributed by atoms with Crippen LogP contribution in [0.1, 0.15) is 38.8 Å². The molecule has 0 saturated carbocycles. The van der Waals surface area contributed by atoms with Crippen molar-refractivity contribution in [3.63, 3.8) is 0 Å². The van der Waals surface area contributed by atoms with Crippen molar-refractivity contribution in [1.29, 1.82) is 0 Å². The molecule has 3 rings (SSSR count). The third-order valence-electron chi connectivity index (χ3n) is 5.77. The number of piperazine rings is 1. The van der Waals surface area contributed by atoms with Gasteiger partial charge in [0.1, 0.15) is 5.00 Å². The van der Waals surface area contributed by atoms with Crippen molar-refractivity contribution in [2.75, 3.05) is 49.5 Å². The van der Waals surface area contributed by atoms with E-state index in [2.05, 4.69) is 47.2 Å². The van der Waals surface area contributed by atoms with Crippen molar-refractivity contribution in [2.24, 2.45) is 0 Å². The van der Waals surface area contributed by atoms with Crippen molar-refractivity contribution in [2.45, 2.75) is 34.6 Å². The predicted molar refractivity (Wildman–Crippen MR) is 123 cm³/mol. The predicted octanol–water partition coefficient (Wildman–Crippen LogP) is 3.92. The van der Waals surface area contributed by atoms with Crippen molar-refractivity contribution in [3.05, 3.63) is 45.3 Å². The van der Waals surface area contributed by atoms with Crippen LogP contribution in [0.4, 0.5) is 10.7 Å². The van der Waals surface area contributed by atoms with E-state index in [1.54, 1.807) is 6.92 Å². The highest BCUT2D eigenvalue weighted by Gasteiger charge is 2.24. The number of hydrogen-bond acceptors (Lipinski definition) is 6. The van der Waals surface area contributed by atoms with Crippen molar-refractivity contribution in [3.8, 4) is 0 Å². The SMILES string of the molecule is CCOC(=O)c1c(NC(=O)CN2CCN(c3cccc(C)c3C)CC2)sc(C)c1C. The summed E-state index contributed by atoms with van der Waals surface area (Å²) in [5.74, 6) is -0.473. The molecule has 30 heavy (non-hydrogen) atoms. The zero-order valence-electron chi connectivity index (χ0n) is 18.5. The number of rotatable bonds is 6. The Morgan fingerprint density at radius 2 is 1.77 bits per heavy atom. The maximum absolute atomic E-state index is 12.7. The molecule has 6 nitrogen and oxygen atoms in total. The van der Waals surface area contributed by atoms with Gasteiger partial charge in [0.15, 0.2) is 0 Å². The van der Waals surface area contributed by atoms with Gasteiger partial charge in [-0.3, -0.25) is 9.69 Å². The third-order valence-corrected chi connectivity index (χ3v) is 6.90. The molecule has 0 bridgehead atoms. The van der Waals surface area contributed by atoms with Crippen LogP contribution in [-0.2, 0) is 9.53 Å². The molecule has 1 aliphatic heterocycles. The number of thiophene rings is 1. The minimum Gasteiger partial charge on any atom is -0.462 e. The van der Waals surface area contributed by atoms with Crippen LogP contribution < -0.4 is 10.2 Å². The summed E-state index contributed by atoms with van der Waals surface area (Å²) in [6.45, 7) is 14.0. The highest BCUT2D eigenvalue weighted by atomic mass is 32.1. The molecule has 1 N–H and O–H groups in total. The quantitative estimate of drug-likeness (QED) is 0.706. The molecule has 1 aromatic heterocycles. The highest BCUT2D eigenvalue weighted by molar-refractivity contribution is 7.16. The normalized spacial score (nSPS) is 14.6. The average molecular weight is 430 g/mol. The molecular weight excluding hydrogens is 398 g/mol. The van der Waals surface area contributed by atoms with Crippen LogP contribution in [-0.4, -0.2) is 56.1 Å². The molecule has 1 amide bonds. The first-order chi connectivity index (χ1) is 14.3. The van der Waals surface area contributed by atoms with Gasteiger partial charge < -0.3 is 15.0 Å². The Morgan fingerprint density at radius 1 is 1.07 bits per heavy atom. The van der Waals surface area contributed by atoms with Crippen LogP contribution in [0.2, 0.25) is 0 Å². The Hall–Kier alpha value is -2.38. The van der Waals surface area contributed by atoms with Gasteiger partial charge in [0.25, 0.3) is 0 Å². The number of esters is 1. The second kappa shape index (κ2) is 9.62. The molecule has 2 heterocycles. The Morgan fingerprint density at radius 3 is 2.43 bits per heavy atom. The topological polar surface area (TPSA) is 61.9 Å². The Bertz CT molecular complexity index is 930. The lowest BCUT2D eigenvalue weighted by atomic mass is 10.1. The molecule has 1 saturated heterocycles. The van der Waals surface area contributed by atoms with Gasteiger partial charge in [0, 0.05) is 36.7 Å². The molecule has 2 aromatic rings. The van der Waals surface area contributed by atoms with Gasteiger partial charge in [0.05, 0.1) is 18.7 Å².